The number of hydrogen-bond acceptors (Lipinski definition) is 3. The Bertz CT molecular complexity index is 585. The molecule has 2 rings (SSSR count). The van der Waals surface area contributed by atoms with Crippen LogP contribution in [0.5, 0.6) is 0 Å². The minimum absolute atomic E-state index is 0. The smallest absolute Gasteiger partial charge is 0.754 e. The second-order valence-electron chi connectivity index (χ2n) is 3.88. The summed E-state index contributed by atoms with van der Waals surface area (Å²) in [5.74, 6) is -1.14. The van der Waals surface area contributed by atoms with Gasteiger partial charge in [-0.2, -0.15) is 0 Å². The van der Waals surface area contributed by atoms with Crippen molar-refractivity contribution < 1.29 is 32.3 Å². The normalized spacial score (nSPS) is 10.6. The van der Waals surface area contributed by atoms with Crippen molar-refractivity contribution in [2.75, 3.05) is 5.06 Å². The van der Waals surface area contributed by atoms with Crippen LogP contribution >= 0.6 is 0 Å². The van der Waals surface area contributed by atoms with Gasteiger partial charge >= 0.3 is 28.3 Å². The number of hydrogen-bond donors (Lipinski definition) is 1. The van der Waals surface area contributed by atoms with Crippen molar-refractivity contribution in [3.05, 3.63) is 77.6 Å². The molecule has 0 atom stereocenters. The third kappa shape index (κ3) is 4.08. The zero-order chi connectivity index (χ0) is 13.7. The van der Waals surface area contributed by atoms with Gasteiger partial charge < -0.3 is 15.4 Å². The zero-order valence-electron chi connectivity index (χ0n) is 10.4. The number of aliphatic carboxylic acids is 1. The fraction of sp³-hybridized carbons (Fsp3) is 0. The topological polar surface area (TPSA) is 63.6 Å². The van der Waals surface area contributed by atoms with Gasteiger partial charge in [0.2, 0.25) is 0 Å². The molecular formula is C15H12AgNO3. The molecule has 5 heteroatoms. The molecule has 0 aliphatic heterocycles. The summed E-state index contributed by atoms with van der Waals surface area (Å²) in [7, 11) is 0. The molecule has 0 aromatic heterocycles. The first-order valence-corrected chi connectivity index (χ1v) is 5.70. The van der Waals surface area contributed by atoms with Gasteiger partial charge in [-0.1, -0.05) is 48.5 Å². The molecule has 20 heavy (non-hydrogen) atoms. The molecular weight excluding hydrogens is 350 g/mol. The van der Waals surface area contributed by atoms with E-state index in [9.17, 15) is 15.1 Å². The summed E-state index contributed by atoms with van der Waals surface area (Å²) in [6.07, 6.45) is 1.08. The van der Waals surface area contributed by atoms with Crippen molar-refractivity contribution in [1.82, 2.24) is 0 Å². The number of anilines is 1. The Morgan fingerprint density at radius 2 is 1.50 bits per heavy atom. The molecule has 0 spiro atoms. The number of rotatable bonds is 4. The number of carbonyl (C=O) groups is 1. The van der Waals surface area contributed by atoms with Crippen LogP contribution in [0.15, 0.2) is 66.9 Å². The van der Waals surface area contributed by atoms with Gasteiger partial charge in [0.05, 0.1) is 5.57 Å². The molecule has 106 valence electrons. The van der Waals surface area contributed by atoms with E-state index in [0.717, 1.165) is 6.20 Å². The van der Waals surface area contributed by atoms with E-state index in [4.69, 9.17) is 0 Å². The summed E-state index contributed by atoms with van der Waals surface area (Å²) in [6, 6.07) is 17.0. The van der Waals surface area contributed by atoms with Crippen molar-refractivity contribution in [3.8, 4) is 0 Å². The van der Waals surface area contributed by atoms with E-state index in [2.05, 4.69) is 0 Å². The molecule has 1 N–H and O–H groups in total. The van der Waals surface area contributed by atoms with E-state index in [1.165, 1.54) is 0 Å². The van der Waals surface area contributed by atoms with Crippen LogP contribution in [0.4, 0.5) is 5.69 Å². The first-order valence-electron chi connectivity index (χ1n) is 5.70. The van der Waals surface area contributed by atoms with Crippen LogP contribution in [0.2, 0.25) is 0 Å². The molecule has 4 nitrogen and oxygen atoms in total. The molecule has 2 aromatic rings. The van der Waals surface area contributed by atoms with Crippen LogP contribution in [-0.2, 0) is 27.2 Å². The summed E-state index contributed by atoms with van der Waals surface area (Å²) < 4.78 is 0. The molecule has 0 aliphatic carbocycles. The molecule has 0 heterocycles. The predicted octanol–water partition coefficient (Wildman–Crippen LogP) is 3.11. The number of hydroxylamine groups is 1. The van der Waals surface area contributed by atoms with Gasteiger partial charge in [0, 0.05) is 11.9 Å². The summed E-state index contributed by atoms with van der Waals surface area (Å²) in [5, 5.41) is 21.7. The number of para-hydroxylation sites is 1. The first kappa shape index (κ1) is 16.2. The second kappa shape index (κ2) is 7.67. The monoisotopic (exact) mass is 361 g/mol. The minimum atomic E-state index is -1.14. The van der Waals surface area contributed by atoms with E-state index in [0.29, 0.717) is 16.3 Å². The van der Waals surface area contributed by atoms with Crippen LogP contribution in [0, 0.1) is 5.21 Å². The zero-order valence-corrected chi connectivity index (χ0v) is 11.8. The fourth-order valence-electron chi connectivity index (χ4n) is 1.64. The summed E-state index contributed by atoms with van der Waals surface area (Å²) in [5.41, 5.74) is 0.836. The van der Waals surface area contributed by atoms with E-state index in [1.807, 2.05) is 0 Å². The average molecular weight is 362 g/mol. The van der Waals surface area contributed by atoms with Crippen molar-refractivity contribution in [2.24, 2.45) is 0 Å². The van der Waals surface area contributed by atoms with E-state index < -0.39 is 5.97 Å². The summed E-state index contributed by atoms with van der Waals surface area (Å²) in [4.78, 5) is 11.2. The molecule has 0 saturated heterocycles. The molecule has 0 bridgehead atoms. The Balaban J connectivity index is 0.00000200. The number of benzene rings is 2. The molecule has 0 aliphatic rings. The van der Waals surface area contributed by atoms with Gasteiger partial charge in [-0.05, 0) is 17.7 Å². The Morgan fingerprint density at radius 1 is 1.00 bits per heavy atom. The quantitative estimate of drug-likeness (QED) is 0.516. The standard InChI is InChI=1S/C15H12NO3.Ag/c17-15(18)14(12-7-3-1-4-8-12)11-16(19)13-9-5-2-6-10-13;/h1-11H,(H,17,18);/q-1;+1. The molecule has 2 aromatic carbocycles. The van der Waals surface area contributed by atoms with Gasteiger partial charge in [0.25, 0.3) is 0 Å². The fourth-order valence-corrected chi connectivity index (χ4v) is 1.64. The van der Waals surface area contributed by atoms with Crippen LogP contribution in [-0.4, -0.2) is 11.1 Å². The molecule has 0 amide bonds. The Morgan fingerprint density at radius 3 is 2.00 bits per heavy atom. The third-order valence-corrected chi connectivity index (χ3v) is 2.57. The molecule has 0 fully saturated rings. The first-order chi connectivity index (χ1) is 9.18. The van der Waals surface area contributed by atoms with Crippen LogP contribution < -0.4 is 5.06 Å². The number of carboxylic acids is 1. The van der Waals surface area contributed by atoms with Crippen LogP contribution in [0.25, 0.3) is 5.57 Å². The largest absolute Gasteiger partial charge is 1.00 e. The van der Waals surface area contributed by atoms with Crippen molar-refractivity contribution in [1.29, 1.82) is 0 Å². The Labute approximate surface area is 132 Å². The maximum atomic E-state index is 11.9. The Kier molecular flexibility index (Phi) is 6.21. The van der Waals surface area contributed by atoms with Crippen molar-refractivity contribution in [2.45, 2.75) is 0 Å². The molecule has 0 radical (unpaired) electrons. The van der Waals surface area contributed by atoms with Crippen LogP contribution in [0.3, 0.4) is 0 Å². The predicted molar refractivity (Wildman–Crippen MR) is 74.3 cm³/mol. The maximum absolute atomic E-state index is 11.9. The van der Waals surface area contributed by atoms with E-state index in [1.54, 1.807) is 60.7 Å². The maximum Gasteiger partial charge on any atom is 1.00 e. The minimum Gasteiger partial charge on any atom is -0.754 e. The van der Waals surface area contributed by atoms with Gasteiger partial charge in [-0.25, -0.2) is 4.79 Å². The SMILES string of the molecule is O=C(O)C(=CN([O-])c1ccccc1)c1ccccc1.[Ag+]. The van der Waals surface area contributed by atoms with Crippen molar-refractivity contribution >= 4 is 17.2 Å². The van der Waals surface area contributed by atoms with Gasteiger partial charge in [-0.15, -0.1) is 0 Å². The Hall–Kier alpha value is -1.85. The summed E-state index contributed by atoms with van der Waals surface area (Å²) >= 11 is 0. The van der Waals surface area contributed by atoms with E-state index in [-0.39, 0.29) is 28.0 Å². The van der Waals surface area contributed by atoms with Crippen molar-refractivity contribution in [3.63, 3.8) is 0 Å². The van der Waals surface area contributed by atoms with E-state index >= 15 is 0 Å². The van der Waals surface area contributed by atoms with Gasteiger partial charge in [0.15, 0.2) is 0 Å². The van der Waals surface area contributed by atoms with Crippen LogP contribution in [0.1, 0.15) is 5.56 Å². The number of carboxylic acid groups (broad SMARTS) is 1. The number of nitrogens with zero attached hydrogens (tertiary/aromatic N) is 1. The molecule has 0 saturated carbocycles. The average Bonchev–Trinajstić information content (AvgIpc) is 2.46. The summed E-state index contributed by atoms with van der Waals surface area (Å²) in [6.45, 7) is 0. The molecule has 0 unspecified atom stereocenters. The second-order valence-corrected chi connectivity index (χ2v) is 3.88. The van der Waals surface area contributed by atoms with Gasteiger partial charge in [-0.3, -0.25) is 0 Å². The van der Waals surface area contributed by atoms with Gasteiger partial charge in [0.1, 0.15) is 0 Å². The third-order valence-electron chi connectivity index (χ3n) is 2.57.